The molecule has 0 aromatic heterocycles. The minimum atomic E-state index is -4.79. The largest absolute Gasteiger partial charge is 0.573 e. The zero-order chi connectivity index (χ0) is 10.8. The summed E-state index contributed by atoms with van der Waals surface area (Å²) in [6, 6.07) is 3.70. The second kappa shape index (κ2) is 4.06. The highest BCUT2D eigenvalue weighted by atomic mass is 35.5. The fraction of sp³-hybridized carbons (Fsp3) is 0.125. The van der Waals surface area contributed by atoms with Gasteiger partial charge >= 0.3 is 6.36 Å². The number of rotatable bonds is 2. The van der Waals surface area contributed by atoms with Crippen LogP contribution in [0.2, 0.25) is 5.02 Å². The third-order valence-electron chi connectivity index (χ3n) is 1.36. The van der Waals surface area contributed by atoms with Gasteiger partial charge in [-0.2, -0.15) is 0 Å². The Morgan fingerprint density at radius 3 is 2.50 bits per heavy atom. The van der Waals surface area contributed by atoms with Gasteiger partial charge in [0.2, 0.25) is 0 Å². The van der Waals surface area contributed by atoms with E-state index in [0.717, 1.165) is 6.07 Å². The monoisotopic (exact) mass is 225 g/mol. The Bertz CT molecular complexity index is 325. The third kappa shape index (κ3) is 2.78. The van der Waals surface area contributed by atoms with Crippen LogP contribution in [0.4, 0.5) is 13.2 Å². The van der Waals surface area contributed by atoms with Crippen molar-refractivity contribution >= 4 is 11.6 Å². The second-order valence-corrected chi connectivity index (χ2v) is 2.71. The summed E-state index contributed by atoms with van der Waals surface area (Å²) in [5, 5.41) is 8.31. The summed E-state index contributed by atoms with van der Waals surface area (Å²) in [6.45, 7) is 0.603. The van der Waals surface area contributed by atoms with Gasteiger partial charge in [-0.1, -0.05) is 23.7 Å². The molecule has 77 valence electrons. The summed E-state index contributed by atoms with van der Waals surface area (Å²) in [4.78, 5) is 0. The first-order valence-electron chi connectivity index (χ1n) is 3.46. The number of aliphatic hydroxyl groups is 1. The number of benzene rings is 1. The number of ether oxygens (including phenoxy) is 1. The summed E-state index contributed by atoms with van der Waals surface area (Å²) < 4.78 is 39.0. The van der Waals surface area contributed by atoms with E-state index in [0.29, 0.717) is 6.61 Å². The highest BCUT2D eigenvalue weighted by Crippen LogP contribution is 2.32. The van der Waals surface area contributed by atoms with Crippen molar-refractivity contribution in [3.63, 3.8) is 0 Å². The Morgan fingerprint density at radius 1 is 1.36 bits per heavy atom. The normalized spacial score (nSPS) is 11.5. The van der Waals surface area contributed by atoms with Gasteiger partial charge in [-0.25, -0.2) is 0 Å². The minimum absolute atomic E-state index is 0.0633. The van der Waals surface area contributed by atoms with Crippen LogP contribution in [0.25, 0.3) is 0 Å². The van der Waals surface area contributed by atoms with E-state index in [1.807, 2.05) is 0 Å². The van der Waals surface area contributed by atoms with Crippen molar-refractivity contribution in [1.82, 2.24) is 0 Å². The first-order chi connectivity index (χ1) is 6.44. The van der Waals surface area contributed by atoms with Crippen molar-refractivity contribution in [3.05, 3.63) is 35.4 Å². The summed E-state index contributed by atoms with van der Waals surface area (Å²) in [5.74, 6) is -0.540. The van der Waals surface area contributed by atoms with Crippen molar-refractivity contribution in [2.75, 3.05) is 0 Å². The summed E-state index contributed by atoms with van der Waals surface area (Å²) in [6.07, 6.45) is -4.79. The molecule has 0 fully saturated rings. The topological polar surface area (TPSA) is 29.5 Å². The number of halogens is 4. The molecule has 14 heavy (non-hydrogen) atoms. The minimum Gasteiger partial charge on any atom is -0.404 e. The van der Waals surface area contributed by atoms with Gasteiger partial charge in [0.15, 0.2) is 0 Å². The fourth-order valence-corrected chi connectivity index (χ4v) is 1.04. The maximum atomic E-state index is 11.8. The highest BCUT2D eigenvalue weighted by Gasteiger charge is 2.32. The number of alkyl halides is 3. The Balaban J connectivity index is 2.98. The van der Waals surface area contributed by atoms with Crippen molar-refractivity contribution in [2.45, 2.75) is 6.36 Å². The van der Waals surface area contributed by atoms with Crippen molar-refractivity contribution < 1.29 is 23.0 Å². The average molecular weight is 226 g/mol. The van der Waals surface area contributed by atoms with Crippen LogP contribution >= 0.6 is 11.6 Å². The molecule has 0 atom stereocenters. The van der Waals surface area contributed by atoms with E-state index < -0.39 is 12.1 Å². The van der Waals surface area contributed by atoms with Crippen molar-refractivity contribution in [1.29, 1.82) is 0 Å². The molecule has 2 nitrogen and oxygen atoms in total. The predicted molar refractivity (Wildman–Crippen MR) is 43.5 cm³/mol. The molecule has 0 spiro atoms. The lowest BCUT2D eigenvalue weighted by atomic mass is 10.2. The Labute approximate surface area is 82.9 Å². The van der Waals surface area contributed by atoms with Gasteiger partial charge < -0.3 is 9.84 Å². The molecule has 0 bridgehead atoms. The van der Waals surface area contributed by atoms with Crippen LogP contribution in [0.5, 0.6) is 5.75 Å². The first kappa shape index (κ1) is 11.1. The smallest absolute Gasteiger partial charge is 0.404 e. The highest BCUT2D eigenvalue weighted by molar-refractivity contribution is 6.33. The molecule has 0 heterocycles. The third-order valence-corrected chi connectivity index (χ3v) is 1.76. The molecule has 6 heteroatoms. The molecule has 1 N–H and O–H groups in total. The molecular formula is C8H5ClF3O2. The lowest BCUT2D eigenvalue weighted by Gasteiger charge is -2.11. The van der Waals surface area contributed by atoms with Crippen molar-refractivity contribution in [3.8, 4) is 5.75 Å². The second-order valence-electron chi connectivity index (χ2n) is 2.34. The van der Waals surface area contributed by atoms with Crippen molar-refractivity contribution in [2.24, 2.45) is 0 Å². The van der Waals surface area contributed by atoms with Gasteiger partial charge in [-0.15, -0.1) is 13.2 Å². The molecule has 0 unspecified atom stereocenters. The van der Waals surface area contributed by atoms with Crippen LogP contribution in [0.1, 0.15) is 5.56 Å². The van der Waals surface area contributed by atoms with Gasteiger partial charge in [0.05, 0.1) is 5.02 Å². The summed E-state index contributed by atoms with van der Waals surface area (Å²) in [7, 11) is 0. The van der Waals surface area contributed by atoms with E-state index in [2.05, 4.69) is 4.74 Å². The maximum absolute atomic E-state index is 11.8. The molecule has 0 aliphatic rings. The van der Waals surface area contributed by atoms with E-state index in [9.17, 15) is 13.2 Å². The zero-order valence-corrected chi connectivity index (χ0v) is 7.43. The molecule has 0 amide bonds. The number of hydrogen-bond acceptors (Lipinski definition) is 2. The van der Waals surface area contributed by atoms with Gasteiger partial charge in [0.1, 0.15) is 12.4 Å². The molecule has 0 saturated carbocycles. The quantitative estimate of drug-likeness (QED) is 0.838. The van der Waals surface area contributed by atoms with Crippen LogP contribution in [0.3, 0.4) is 0 Å². The molecule has 0 saturated heterocycles. The van der Waals surface area contributed by atoms with Crippen LogP contribution in [0.15, 0.2) is 18.2 Å². The molecule has 1 rings (SSSR count). The van der Waals surface area contributed by atoms with Crippen LogP contribution in [-0.2, 0) is 0 Å². The Kier molecular flexibility index (Phi) is 3.23. The number of aliphatic hydroxyl groups excluding tert-OH is 1. The zero-order valence-electron chi connectivity index (χ0n) is 6.68. The van der Waals surface area contributed by atoms with Crippen LogP contribution in [0, 0.1) is 6.61 Å². The SMILES string of the molecule is O[CH]c1cccc(OC(F)(F)F)c1Cl. The predicted octanol–water partition coefficient (Wildman–Crippen LogP) is 3.12. The molecule has 0 aliphatic heterocycles. The van der Waals surface area contributed by atoms with Gasteiger partial charge in [0, 0.05) is 5.56 Å². The summed E-state index contributed by atoms with van der Waals surface area (Å²) in [5.41, 5.74) is 0.0633. The van der Waals surface area contributed by atoms with E-state index in [1.165, 1.54) is 12.1 Å². The van der Waals surface area contributed by atoms with E-state index in [4.69, 9.17) is 16.7 Å². The summed E-state index contributed by atoms with van der Waals surface area (Å²) >= 11 is 5.50. The maximum Gasteiger partial charge on any atom is 0.573 e. The first-order valence-corrected chi connectivity index (χ1v) is 3.83. The number of hydrogen-bond donors (Lipinski definition) is 1. The molecule has 1 aromatic carbocycles. The van der Waals surface area contributed by atoms with Crippen LogP contribution in [-0.4, -0.2) is 11.5 Å². The van der Waals surface area contributed by atoms with Gasteiger partial charge in [-0.3, -0.25) is 0 Å². The Hall–Kier alpha value is -0.940. The van der Waals surface area contributed by atoms with Gasteiger partial charge in [0.25, 0.3) is 0 Å². The van der Waals surface area contributed by atoms with E-state index in [1.54, 1.807) is 0 Å². The average Bonchev–Trinajstić information content (AvgIpc) is 2.06. The fourth-order valence-electron chi connectivity index (χ4n) is 0.831. The molecule has 1 aromatic rings. The Morgan fingerprint density at radius 2 is 2.00 bits per heavy atom. The van der Waals surface area contributed by atoms with E-state index >= 15 is 0 Å². The van der Waals surface area contributed by atoms with Crippen LogP contribution < -0.4 is 4.74 Å². The molecular weight excluding hydrogens is 221 g/mol. The lowest BCUT2D eigenvalue weighted by molar-refractivity contribution is -0.274. The van der Waals surface area contributed by atoms with E-state index in [-0.39, 0.29) is 10.6 Å². The molecule has 1 radical (unpaired) electrons. The lowest BCUT2D eigenvalue weighted by Crippen LogP contribution is -2.17. The van der Waals surface area contributed by atoms with Gasteiger partial charge in [-0.05, 0) is 6.07 Å². The standard InChI is InChI=1S/C8H5ClF3O2/c9-7-5(4-13)2-1-3-6(7)14-8(10,11)12/h1-4,13H. The molecule has 0 aliphatic carbocycles.